The quantitative estimate of drug-likeness (QED) is 0.394. The van der Waals surface area contributed by atoms with Crippen LogP contribution in [-0.2, 0) is 25.5 Å². The van der Waals surface area contributed by atoms with Gasteiger partial charge in [-0.2, -0.15) is 0 Å². The first kappa shape index (κ1) is 28.6. The number of hydrogen-bond acceptors (Lipinski definition) is 6. The Bertz CT molecular complexity index is 846. The lowest BCUT2D eigenvalue weighted by Gasteiger charge is -2.53. The molecule has 36 heavy (non-hydrogen) atoms. The number of hydrogen-bond donors (Lipinski definition) is 0. The smallest absolute Gasteiger partial charge is 0.320 e. The molecule has 2 aliphatic rings. The third kappa shape index (κ3) is 6.31. The molecule has 0 bridgehead atoms. The fourth-order valence-electron chi connectivity index (χ4n) is 6.33. The summed E-state index contributed by atoms with van der Waals surface area (Å²) in [5.41, 5.74) is 0.450. The van der Waals surface area contributed by atoms with Crippen LogP contribution in [0.1, 0.15) is 86.6 Å². The van der Waals surface area contributed by atoms with Gasteiger partial charge in [0.15, 0.2) is 5.92 Å². The van der Waals surface area contributed by atoms with Gasteiger partial charge in [-0.05, 0) is 81.5 Å². The lowest BCUT2D eigenvalue weighted by Crippen LogP contribution is -2.61. The Kier molecular flexibility index (Phi) is 8.03. The van der Waals surface area contributed by atoms with Crippen LogP contribution in [0.5, 0.6) is 0 Å². The topological polar surface area (TPSA) is 59.1 Å². The third-order valence-electron chi connectivity index (χ3n) is 8.96. The van der Waals surface area contributed by atoms with E-state index in [0.29, 0.717) is 0 Å². The number of rotatable bonds is 6. The van der Waals surface area contributed by atoms with E-state index >= 15 is 0 Å². The first-order chi connectivity index (χ1) is 16.4. The van der Waals surface area contributed by atoms with Crippen molar-refractivity contribution < 1.29 is 19.1 Å². The third-order valence-corrected chi connectivity index (χ3v) is 8.96. The fourth-order valence-corrected chi connectivity index (χ4v) is 6.33. The molecular weight excluding hydrogens is 452 g/mol. The first-order valence-electron chi connectivity index (χ1n) is 13.4. The number of piperidine rings is 2. The van der Waals surface area contributed by atoms with E-state index in [9.17, 15) is 9.59 Å². The lowest BCUT2D eigenvalue weighted by molar-refractivity contribution is -0.177. The van der Waals surface area contributed by atoms with Crippen molar-refractivity contribution in [2.45, 2.75) is 122 Å². The summed E-state index contributed by atoms with van der Waals surface area (Å²) >= 11 is 0. The number of carbonyl (C=O) groups is 2. The standard InChI is InChI=1S/C30H48N2O4/c1-27(2)17-22(18-28(3,4)31(27)9)35-25(33)24(16-21-14-12-11-13-15-21)26(34)36-23-19-29(5,6)32(10)30(7,8)20-23/h11-15,22-24H,16-20H2,1-10H3. The molecule has 0 N–H and O–H groups in total. The van der Waals surface area contributed by atoms with Crippen LogP contribution in [0.4, 0.5) is 0 Å². The van der Waals surface area contributed by atoms with Crippen molar-refractivity contribution in [1.29, 1.82) is 0 Å². The zero-order chi connectivity index (χ0) is 27.1. The van der Waals surface area contributed by atoms with Crippen molar-refractivity contribution in [2.24, 2.45) is 5.92 Å². The zero-order valence-corrected chi connectivity index (χ0v) is 24.2. The van der Waals surface area contributed by atoms with Crippen molar-refractivity contribution in [3.63, 3.8) is 0 Å². The molecule has 0 amide bonds. The zero-order valence-electron chi connectivity index (χ0n) is 24.2. The van der Waals surface area contributed by atoms with Gasteiger partial charge in [0.1, 0.15) is 12.2 Å². The van der Waals surface area contributed by atoms with Gasteiger partial charge in [-0.1, -0.05) is 30.3 Å². The average molecular weight is 501 g/mol. The highest BCUT2D eigenvalue weighted by Gasteiger charge is 2.47. The molecule has 1 aromatic rings. The normalized spacial score (nSPS) is 24.4. The van der Waals surface area contributed by atoms with Crippen molar-refractivity contribution >= 4 is 11.9 Å². The van der Waals surface area contributed by atoms with Gasteiger partial charge in [-0.15, -0.1) is 0 Å². The molecular formula is C30H48N2O4. The molecule has 0 unspecified atom stereocenters. The van der Waals surface area contributed by atoms with Crippen LogP contribution in [0.2, 0.25) is 0 Å². The molecule has 2 saturated heterocycles. The highest BCUT2D eigenvalue weighted by atomic mass is 16.6. The molecule has 6 heteroatoms. The Morgan fingerprint density at radius 2 is 1.06 bits per heavy atom. The summed E-state index contributed by atoms with van der Waals surface area (Å²) in [6.45, 7) is 17.4. The number of esters is 2. The number of likely N-dealkylation sites (tertiary alicyclic amines) is 2. The lowest BCUT2D eigenvalue weighted by atomic mass is 9.78. The van der Waals surface area contributed by atoms with E-state index in [4.69, 9.17) is 9.47 Å². The van der Waals surface area contributed by atoms with Crippen LogP contribution < -0.4 is 0 Å². The summed E-state index contributed by atoms with van der Waals surface area (Å²) in [6, 6.07) is 9.66. The molecule has 2 fully saturated rings. The Labute approximate surface area is 218 Å². The molecule has 6 nitrogen and oxygen atoms in total. The second kappa shape index (κ2) is 10.1. The predicted octanol–water partition coefficient (Wildman–Crippen LogP) is 5.23. The van der Waals surface area contributed by atoms with Gasteiger partial charge in [0.05, 0.1) is 0 Å². The van der Waals surface area contributed by atoms with Crippen LogP contribution in [0, 0.1) is 5.92 Å². The van der Waals surface area contributed by atoms with Gasteiger partial charge in [0, 0.05) is 47.8 Å². The highest BCUT2D eigenvalue weighted by Crippen LogP contribution is 2.40. The predicted molar refractivity (Wildman–Crippen MR) is 144 cm³/mol. The van der Waals surface area contributed by atoms with E-state index in [-0.39, 0.29) is 40.8 Å². The molecule has 0 spiro atoms. The maximum absolute atomic E-state index is 13.6. The highest BCUT2D eigenvalue weighted by molar-refractivity contribution is 5.95. The Morgan fingerprint density at radius 1 is 0.722 bits per heavy atom. The Hall–Kier alpha value is -1.92. The maximum Gasteiger partial charge on any atom is 0.320 e. The fraction of sp³-hybridized carbons (Fsp3) is 0.733. The minimum Gasteiger partial charge on any atom is -0.462 e. The molecule has 0 saturated carbocycles. The van der Waals surface area contributed by atoms with Crippen LogP contribution >= 0.6 is 0 Å². The average Bonchev–Trinajstić information content (AvgIpc) is 2.73. The van der Waals surface area contributed by atoms with Gasteiger partial charge in [0.25, 0.3) is 0 Å². The monoisotopic (exact) mass is 500 g/mol. The maximum atomic E-state index is 13.6. The van der Waals surface area contributed by atoms with Crippen LogP contribution in [0.25, 0.3) is 0 Å². The molecule has 0 radical (unpaired) electrons. The number of benzene rings is 1. The molecule has 202 valence electrons. The minimum absolute atomic E-state index is 0.118. The van der Waals surface area contributed by atoms with Crippen molar-refractivity contribution in [1.82, 2.24) is 9.80 Å². The van der Waals surface area contributed by atoms with Gasteiger partial charge < -0.3 is 9.47 Å². The molecule has 3 rings (SSSR count). The number of nitrogens with zero attached hydrogens (tertiary/aromatic N) is 2. The number of carbonyl (C=O) groups excluding carboxylic acids is 2. The second-order valence-electron chi connectivity index (χ2n) is 13.5. The van der Waals surface area contributed by atoms with Crippen molar-refractivity contribution in [3.05, 3.63) is 35.9 Å². The molecule has 0 atom stereocenters. The van der Waals surface area contributed by atoms with E-state index in [2.05, 4.69) is 79.3 Å². The van der Waals surface area contributed by atoms with Crippen LogP contribution in [-0.4, -0.2) is 70.2 Å². The van der Waals surface area contributed by atoms with E-state index in [1.807, 2.05) is 30.3 Å². The van der Waals surface area contributed by atoms with Gasteiger partial charge in [-0.25, -0.2) is 0 Å². The van der Waals surface area contributed by atoms with E-state index in [1.54, 1.807) is 0 Å². The van der Waals surface area contributed by atoms with E-state index < -0.39 is 17.9 Å². The largest absolute Gasteiger partial charge is 0.462 e. The molecule has 2 aliphatic heterocycles. The van der Waals surface area contributed by atoms with Gasteiger partial charge in [-0.3, -0.25) is 19.4 Å². The van der Waals surface area contributed by atoms with E-state index in [1.165, 1.54) is 0 Å². The summed E-state index contributed by atoms with van der Waals surface area (Å²) < 4.78 is 12.2. The summed E-state index contributed by atoms with van der Waals surface area (Å²) in [6.07, 6.45) is 2.69. The number of ether oxygens (including phenoxy) is 2. The van der Waals surface area contributed by atoms with Crippen LogP contribution in [0.15, 0.2) is 30.3 Å². The summed E-state index contributed by atoms with van der Waals surface area (Å²) in [7, 11) is 4.25. The molecule has 2 heterocycles. The minimum atomic E-state index is -0.982. The van der Waals surface area contributed by atoms with Gasteiger partial charge in [0.2, 0.25) is 0 Å². The molecule has 1 aromatic carbocycles. The van der Waals surface area contributed by atoms with Crippen molar-refractivity contribution in [3.8, 4) is 0 Å². The Balaban J connectivity index is 1.79. The second-order valence-corrected chi connectivity index (χ2v) is 13.5. The molecule has 0 aromatic heterocycles. The van der Waals surface area contributed by atoms with Gasteiger partial charge >= 0.3 is 11.9 Å². The van der Waals surface area contributed by atoms with Crippen LogP contribution in [0.3, 0.4) is 0 Å². The molecule has 0 aliphatic carbocycles. The van der Waals surface area contributed by atoms with Crippen molar-refractivity contribution in [2.75, 3.05) is 14.1 Å². The van der Waals surface area contributed by atoms with E-state index in [0.717, 1.165) is 31.2 Å². The Morgan fingerprint density at radius 3 is 1.39 bits per heavy atom. The summed E-state index contributed by atoms with van der Waals surface area (Å²) in [4.78, 5) is 31.8. The SMILES string of the molecule is CN1C(C)(C)CC(OC(=O)C(Cc2ccccc2)C(=O)OC2CC(C)(C)N(C)C(C)(C)C2)CC1(C)C. The summed E-state index contributed by atoms with van der Waals surface area (Å²) in [5.74, 6) is -1.93. The first-order valence-corrected chi connectivity index (χ1v) is 13.4. The summed E-state index contributed by atoms with van der Waals surface area (Å²) in [5, 5.41) is 0.